The van der Waals surface area contributed by atoms with Gasteiger partial charge in [-0.25, -0.2) is 0 Å². The van der Waals surface area contributed by atoms with Gasteiger partial charge >= 0.3 is 6.18 Å². The van der Waals surface area contributed by atoms with Crippen LogP contribution in [0.1, 0.15) is 56.1 Å². The first kappa shape index (κ1) is 18.5. The van der Waals surface area contributed by atoms with Gasteiger partial charge < -0.3 is 4.74 Å². The van der Waals surface area contributed by atoms with Crippen molar-refractivity contribution in [2.75, 3.05) is 0 Å². The zero-order valence-electron chi connectivity index (χ0n) is 14.4. The van der Waals surface area contributed by atoms with Crippen molar-refractivity contribution in [1.29, 1.82) is 0 Å². The highest BCUT2D eigenvalue weighted by Gasteiger charge is 2.30. The van der Waals surface area contributed by atoms with Gasteiger partial charge in [0.15, 0.2) is 0 Å². The van der Waals surface area contributed by atoms with Gasteiger partial charge in [0.05, 0.1) is 18.3 Å². The van der Waals surface area contributed by atoms with Crippen LogP contribution in [-0.2, 0) is 22.9 Å². The Labute approximate surface area is 141 Å². The number of benzene rings is 2. The summed E-state index contributed by atoms with van der Waals surface area (Å²) in [7, 11) is 0. The fourth-order valence-corrected chi connectivity index (χ4v) is 2.41. The van der Waals surface area contributed by atoms with Gasteiger partial charge in [0, 0.05) is 0 Å². The Kier molecular flexibility index (Phi) is 5.38. The van der Waals surface area contributed by atoms with E-state index in [1.807, 2.05) is 19.1 Å². The van der Waals surface area contributed by atoms with Gasteiger partial charge in [0.1, 0.15) is 0 Å². The van der Waals surface area contributed by atoms with Gasteiger partial charge in [-0.2, -0.15) is 13.2 Å². The minimum atomic E-state index is -4.33. The fourth-order valence-electron chi connectivity index (χ4n) is 2.41. The minimum absolute atomic E-state index is 0.0840. The maximum Gasteiger partial charge on any atom is 0.416 e. The number of ether oxygens (including phenoxy) is 1. The summed E-state index contributed by atoms with van der Waals surface area (Å²) in [6.45, 7) is 8.49. The number of hydrogen-bond donors (Lipinski definition) is 0. The molecule has 0 bridgehead atoms. The molecule has 2 aromatic rings. The molecule has 0 amide bonds. The molecule has 4 heteroatoms. The van der Waals surface area contributed by atoms with Crippen LogP contribution in [0.4, 0.5) is 13.2 Å². The molecule has 130 valence electrons. The van der Waals surface area contributed by atoms with Crippen LogP contribution in [0, 0.1) is 0 Å². The molecule has 0 fully saturated rings. The van der Waals surface area contributed by atoms with E-state index in [4.69, 9.17) is 4.74 Å². The van der Waals surface area contributed by atoms with Crippen LogP contribution in [0.2, 0.25) is 0 Å². The first-order chi connectivity index (χ1) is 11.1. The molecule has 0 aliphatic heterocycles. The minimum Gasteiger partial charge on any atom is -0.369 e. The second kappa shape index (κ2) is 6.98. The molecular weight excluding hydrogens is 313 g/mol. The van der Waals surface area contributed by atoms with E-state index in [-0.39, 0.29) is 18.1 Å². The summed E-state index contributed by atoms with van der Waals surface area (Å²) in [6.07, 6.45) is -4.52. The molecule has 0 aliphatic rings. The quantitative estimate of drug-likeness (QED) is 0.638. The van der Waals surface area contributed by atoms with Gasteiger partial charge in [-0.05, 0) is 41.2 Å². The van der Waals surface area contributed by atoms with Crippen LogP contribution < -0.4 is 0 Å². The standard InChI is InChI=1S/C20H23F3O/c1-14(16-8-10-17(11-9-16)19(2,3)4)24-13-15-6-5-7-18(12-15)20(21,22)23/h5-12,14H,13H2,1-4H3. The van der Waals surface area contributed by atoms with Gasteiger partial charge in [0.2, 0.25) is 0 Å². The number of alkyl halides is 3. The zero-order valence-corrected chi connectivity index (χ0v) is 14.4. The fraction of sp³-hybridized carbons (Fsp3) is 0.400. The first-order valence-corrected chi connectivity index (χ1v) is 7.95. The van der Waals surface area contributed by atoms with E-state index >= 15 is 0 Å². The lowest BCUT2D eigenvalue weighted by molar-refractivity contribution is -0.137. The second-order valence-electron chi connectivity index (χ2n) is 7.02. The Hall–Kier alpha value is -1.81. The van der Waals surface area contributed by atoms with Crippen LogP contribution in [-0.4, -0.2) is 0 Å². The topological polar surface area (TPSA) is 9.23 Å². The van der Waals surface area contributed by atoms with E-state index in [1.165, 1.54) is 11.6 Å². The third kappa shape index (κ3) is 4.84. The third-order valence-electron chi connectivity index (χ3n) is 4.00. The number of hydrogen-bond acceptors (Lipinski definition) is 1. The Morgan fingerprint density at radius 1 is 0.917 bits per heavy atom. The van der Waals surface area contributed by atoms with Crippen molar-refractivity contribution in [3.05, 3.63) is 70.8 Å². The van der Waals surface area contributed by atoms with Crippen molar-refractivity contribution in [3.63, 3.8) is 0 Å². The molecule has 2 aromatic carbocycles. The lowest BCUT2D eigenvalue weighted by Gasteiger charge is -2.20. The molecule has 0 radical (unpaired) electrons. The molecule has 0 aliphatic carbocycles. The first-order valence-electron chi connectivity index (χ1n) is 7.95. The van der Waals surface area contributed by atoms with Crippen molar-refractivity contribution in [2.45, 2.75) is 52.0 Å². The molecule has 1 unspecified atom stereocenters. The van der Waals surface area contributed by atoms with Crippen LogP contribution in [0.3, 0.4) is 0 Å². The monoisotopic (exact) mass is 336 g/mol. The maximum atomic E-state index is 12.7. The van der Waals surface area contributed by atoms with Gasteiger partial charge in [-0.3, -0.25) is 0 Å². The molecule has 1 atom stereocenters. The summed E-state index contributed by atoms with van der Waals surface area (Å²) >= 11 is 0. The third-order valence-corrected chi connectivity index (χ3v) is 4.00. The molecule has 0 saturated heterocycles. The van der Waals surface area contributed by atoms with Gasteiger partial charge in [-0.15, -0.1) is 0 Å². The summed E-state index contributed by atoms with van der Waals surface area (Å²) < 4.78 is 43.9. The number of rotatable bonds is 4. The van der Waals surface area contributed by atoms with Crippen LogP contribution in [0.5, 0.6) is 0 Å². The molecule has 0 saturated carbocycles. The van der Waals surface area contributed by atoms with Crippen molar-refractivity contribution in [2.24, 2.45) is 0 Å². The maximum absolute atomic E-state index is 12.7. The van der Waals surface area contributed by atoms with Crippen molar-refractivity contribution in [1.82, 2.24) is 0 Å². The van der Waals surface area contributed by atoms with Gasteiger partial charge in [-0.1, -0.05) is 57.2 Å². The van der Waals surface area contributed by atoms with Gasteiger partial charge in [0.25, 0.3) is 0 Å². The molecular formula is C20H23F3O. The van der Waals surface area contributed by atoms with E-state index in [1.54, 1.807) is 6.07 Å². The molecule has 0 N–H and O–H groups in total. The highest BCUT2D eigenvalue weighted by Crippen LogP contribution is 2.30. The SMILES string of the molecule is CC(OCc1cccc(C(F)(F)F)c1)c1ccc(C(C)(C)C)cc1. The Morgan fingerprint density at radius 3 is 2.08 bits per heavy atom. The Morgan fingerprint density at radius 2 is 1.54 bits per heavy atom. The molecule has 2 rings (SSSR count). The predicted octanol–water partition coefficient (Wildman–Crippen LogP) is 6.28. The molecule has 0 spiro atoms. The summed E-state index contributed by atoms with van der Waals surface area (Å²) in [5.41, 5.74) is 2.20. The highest BCUT2D eigenvalue weighted by molar-refractivity contribution is 5.29. The van der Waals surface area contributed by atoms with E-state index in [0.29, 0.717) is 5.56 Å². The lowest BCUT2D eigenvalue weighted by Crippen LogP contribution is -2.11. The van der Waals surface area contributed by atoms with E-state index in [0.717, 1.165) is 17.7 Å². The predicted molar refractivity (Wildman–Crippen MR) is 89.8 cm³/mol. The summed E-state index contributed by atoms with van der Waals surface area (Å²) in [4.78, 5) is 0. The Bertz CT molecular complexity index is 667. The smallest absolute Gasteiger partial charge is 0.369 e. The van der Waals surface area contributed by atoms with Crippen molar-refractivity contribution in [3.8, 4) is 0 Å². The summed E-state index contributed by atoms with van der Waals surface area (Å²) in [5, 5.41) is 0. The van der Waals surface area contributed by atoms with Crippen molar-refractivity contribution < 1.29 is 17.9 Å². The van der Waals surface area contributed by atoms with E-state index in [9.17, 15) is 13.2 Å². The summed E-state index contributed by atoms with van der Waals surface area (Å²) in [5.74, 6) is 0. The Balaban J connectivity index is 2.02. The normalized spacial score (nSPS) is 13.8. The second-order valence-corrected chi connectivity index (χ2v) is 7.02. The average molecular weight is 336 g/mol. The lowest BCUT2D eigenvalue weighted by atomic mass is 9.86. The van der Waals surface area contributed by atoms with Crippen LogP contribution >= 0.6 is 0 Å². The van der Waals surface area contributed by atoms with E-state index in [2.05, 4.69) is 32.9 Å². The zero-order chi connectivity index (χ0) is 18.0. The van der Waals surface area contributed by atoms with Crippen molar-refractivity contribution >= 4 is 0 Å². The summed E-state index contributed by atoms with van der Waals surface area (Å²) in [6, 6.07) is 13.4. The molecule has 0 aromatic heterocycles. The molecule has 24 heavy (non-hydrogen) atoms. The van der Waals surface area contributed by atoms with E-state index < -0.39 is 11.7 Å². The molecule has 1 nitrogen and oxygen atoms in total. The number of halogens is 3. The molecule has 0 heterocycles. The largest absolute Gasteiger partial charge is 0.416 e. The van der Waals surface area contributed by atoms with Crippen LogP contribution in [0.15, 0.2) is 48.5 Å². The average Bonchev–Trinajstić information content (AvgIpc) is 2.51. The highest BCUT2D eigenvalue weighted by atomic mass is 19.4. The van der Waals surface area contributed by atoms with Crippen LogP contribution in [0.25, 0.3) is 0 Å².